The maximum Gasteiger partial charge on any atom is 0.0249 e. The van der Waals surface area contributed by atoms with Crippen LogP contribution in [0.1, 0.15) is 59.8 Å². The quantitative estimate of drug-likeness (QED) is 0.715. The highest BCUT2D eigenvalue weighted by atomic mass is 14.8. The monoisotopic (exact) mass is 235 g/mol. The van der Waals surface area contributed by atoms with Gasteiger partial charge in [0.25, 0.3) is 0 Å². The highest BCUT2D eigenvalue weighted by molar-refractivity contribution is 5.18. The number of rotatable bonds is 2. The molecule has 1 fully saturated rings. The van der Waals surface area contributed by atoms with Gasteiger partial charge in [-0.05, 0) is 56.3 Å². The zero-order valence-electron chi connectivity index (χ0n) is 12.0. The van der Waals surface area contributed by atoms with Gasteiger partial charge in [0.1, 0.15) is 0 Å². The van der Waals surface area contributed by atoms with Crippen molar-refractivity contribution in [3.05, 3.63) is 11.6 Å². The Bertz CT molecular complexity index is 307. The first kappa shape index (κ1) is 13.1. The summed E-state index contributed by atoms with van der Waals surface area (Å²) >= 11 is 0. The minimum absolute atomic E-state index is 0.0891. The third-order valence-corrected chi connectivity index (χ3v) is 5.72. The van der Waals surface area contributed by atoms with Gasteiger partial charge in [-0.2, -0.15) is 0 Å². The van der Waals surface area contributed by atoms with E-state index in [2.05, 4.69) is 33.8 Å². The van der Waals surface area contributed by atoms with Crippen LogP contribution in [0.3, 0.4) is 0 Å². The van der Waals surface area contributed by atoms with Gasteiger partial charge < -0.3 is 5.73 Å². The molecule has 1 heteroatoms. The van der Waals surface area contributed by atoms with E-state index in [1.165, 1.54) is 32.1 Å². The molecule has 0 heterocycles. The maximum absolute atomic E-state index is 6.81. The van der Waals surface area contributed by atoms with Crippen molar-refractivity contribution in [2.24, 2.45) is 29.4 Å². The van der Waals surface area contributed by atoms with Crippen molar-refractivity contribution in [2.45, 2.75) is 65.3 Å². The molecule has 2 aliphatic rings. The molecule has 0 bridgehead atoms. The molecule has 2 N–H and O–H groups in total. The highest BCUT2D eigenvalue weighted by Gasteiger charge is 2.48. The molecule has 5 atom stereocenters. The summed E-state index contributed by atoms with van der Waals surface area (Å²) in [4.78, 5) is 0. The van der Waals surface area contributed by atoms with E-state index in [0.29, 0.717) is 11.8 Å². The molecule has 2 unspecified atom stereocenters. The molecule has 0 amide bonds. The van der Waals surface area contributed by atoms with E-state index in [-0.39, 0.29) is 5.54 Å². The average molecular weight is 235 g/mol. The molecule has 0 spiro atoms. The first-order valence-electron chi connectivity index (χ1n) is 7.45. The second kappa shape index (κ2) is 4.76. The van der Waals surface area contributed by atoms with E-state index in [1.54, 1.807) is 5.57 Å². The van der Waals surface area contributed by atoms with Gasteiger partial charge >= 0.3 is 0 Å². The van der Waals surface area contributed by atoms with Gasteiger partial charge in [0.05, 0.1) is 0 Å². The lowest BCUT2D eigenvalue weighted by molar-refractivity contribution is 0.0530. The zero-order valence-corrected chi connectivity index (χ0v) is 12.0. The normalized spacial score (nSPS) is 43.8. The van der Waals surface area contributed by atoms with E-state index < -0.39 is 0 Å². The number of hydrogen-bond donors (Lipinski definition) is 1. The van der Waals surface area contributed by atoms with Crippen molar-refractivity contribution >= 4 is 0 Å². The number of nitrogens with two attached hydrogens (primary N) is 1. The van der Waals surface area contributed by atoms with Crippen molar-refractivity contribution in [3.8, 4) is 0 Å². The minimum atomic E-state index is 0.0891. The Kier molecular flexibility index (Phi) is 3.68. The predicted molar refractivity (Wildman–Crippen MR) is 74.7 cm³/mol. The Balaban J connectivity index is 2.30. The maximum atomic E-state index is 6.81. The SMILES string of the molecule is CCC(C)C1CC[C@@H](C)[C@]2(N)CCC(C)=C[C@H]12. The Hall–Kier alpha value is -0.300. The second-order valence-corrected chi connectivity index (χ2v) is 6.68. The van der Waals surface area contributed by atoms with Crippen LogP contribution in [0.2, 0.25) is 0 Å². The number of fused-ring (bicyclic) bond motifs is 1. The standard InChI is InChI=1S/C16H29N/c1-5-12(3)14-7-6-13(4)16(17)9-8-11(2)10-15(14)16/h10,12-15H,5-9,17H2,1-4H3/t12?,13-,14?,15-,16-/m1/s1. The van der Waals surface area contributed by atoms with Crippen LogP contribution < -0.4 is 5.73 Å². The highest BCUT2D eigenvalue weighted by Crippen LogP contribution is 2.49. The van der Waals surface area contributed by atoms with E-state index >= 15 is 0 Å². The molecule has 0 aromatic carbocycles. The first-order chi connectivity index (χ1) is 7.99. The van der Waals surface area contributed by atoms with Gasteiger partial charge in [0, 0.05) is 5.54 Å². The largest absolute Gasteiger partial charge is 0.324 e. The van der Waals surface area contributed by atoms with Crippen LogP contribution in [0.15, 0.2) is 11.6 Å². The summed E-state index contributed by atoms with van der Waals surface area (Å²) in [6, 6.07) is 0. The van der Waals surface area contributed by atoms with Crippen LogP contribution in [0.25, 0.3) is 0 Å². The van der Waals surface area contributed by atoms with Crippen LogP contribution in [0.5, 0.6) is 0 Å². The van der Waals surface area contributed by atoms with Gasteiger partial charge in [0.15, 0.2) is 0 Å². The van der Waals surface area contributed by atoms with E-state index in [1.807, 2.05) is 0 Å². The summed E-state index contributed by atoms with van der Waals surface area (Å²) in [7, 11) is 0. The van der Waals surface area contributed by atoms with Crippen molar-refractivity contribution in [3.63, 3.8) is 0 Å². The zero-order chi connectivity index (χ0) is 12.6. The lowest BCUT2D eigenvalue weighted by Gasteiger charge is -2.53. The second-order valence-electron chi connectivity index (χ2n) is 6.68. The fourth-order valence-corrected chi connectivity index (χ4v) is 4.05. The molecule has 2 rings (SSSR count). The fraction of sp³-hybridized carbons (Fsp3) is 0.875. The Labute approximate surface area is 107 Å². The summed E-state index contributed by atoms with van der Waals surface area (Å²) in [5, 5.41) is 0. The van der Waals surface area contributed by atoms with Crippen LogP contribution >= 0.6 is 0 Å². The molecule has 98 valence electrons. The molecule has 0 aromatic rings. The summed E-state index contributed by atoms with van der Waals surface area (Å²) in [5.41, 5.74) is 8.47. The van der Waals surface area contributed by atoms with Gasteiger partial charge in [-0.15, -0.1) is 0 Å². The summed E-state index contributed by atoms with van der Waals surface area (Å²) in [6.07, 6.45) is 8.94. The molecule has 2 aliphatic carbocycles. The molecule has 1 saturated carbocycles. The molecule has 0 radical (unpaired) electrons. The van der Waals surface area contributed by atoms with Crippen molar-refractivity contribution < 1.29 is 0 Å². The Morgan fingerprint density at radius 3 is 2.82 bits per heavy atom. The van der Waals surface area contributed by atoms with E-state index in [0.717, 1.165) is 11.8 Å². The molecule has 0 saturated heterocycles. The smallest absolute Gasteiger partial charge is 0.0249 e. The van der Waals surface area contributed by atoms with Crippen LogP contribution in [-0.2, 0) is 0 Å². The molecule has 0 aromatic heterocycles. The molecule has 17 heavy (non-hydrogen) atoms. The minimum Gasteiger partial charge on any atom is -0.324 e. The van der Waals surface area contributed by atoms with Gasteiger partial charge in [0.2, 0.25) is 0 Å². The van der Waals surface area contributed by atoms with Gasteiger partial charge in [-0.25, -0.2) is 0 Å². The molecular formula is C16H29N. The topological polar surface area (TPSA) is 26.0 Å². The molecular weight excluding hydrogens is 206 g/mol. The third kappa shape index (κ3) is 2.19. The van der Waals surface area contributed by atoms with Crippen LogP contribution in [0.4, 0.5) is 0 Å². The van der Waals surface area contributed by atoms with E-state index in [4.69, 9.17) is 5.73 Å². The average Bonchev–Trinajstić information content (AvgIpc) is 2.31. The van der Waals surface area contributed by atoms with Gasteiger partial charge in [-0.3, -0.25) is 0 Å². The van der Waals surface area contributed by atoms with Gasteiger partial charge in [-0.1, -0.05) is 38.8 Å². The van der Waals surface area contributed by atoms with Crippen molar-refractivity contribution in [1.29, 1.82) is 0 Å². The Morgan fingerprint density at radius 1 is 1.47 bits per heavy atom. The Morgan fingerprint density at radius 2 is 2.18 bits per heavy atom. The lowest BCUT2D eigenvalue weighted by atomic mass is 9.56. The van der Waals surface area contributed by atoms with Crippen molar-refractivity contribution in [2.75, 3.05) is 0 Å². The summed E-state index contributed by atoms with van der Waals surface area (Å²) in [5.74, 6) is 2.96. The van der Waals surface area contributed by atoms with Crippen molar-refractivity contribution in [1.82, 2.24) is 0 Å². The summed E-state index contributed by atoms with van der Waals surface area (Å²) in [6.45, 7) is 9.39. The van der Waals surface area contributed by atoms with Crippen LogP contribution in [-0.4, -0.2) is 5.54 Å². The first-order valence-corrected chi connectivity index (χ1v) is 7.45. The lowest BCUT2D eigenvalue weighted by Crippen LogP contribution is -2.58. The number of allylic oxidation sites excluding steroid dienone is 1. The third-order valence-electron chi connectivity index (χ3n) is 5.72. The number of hydrogen-bond acceptors (Lipinski definition) is 1. The molecule has 1 nitrogen and oxygen atoms in total. The fourth-order valence-electron chi connectivity index (χ4n) is 4.05. The summed E-state index contributed by atoms with van der Waals surface area (Å²) < 4.78 is 0. The predicted octanol–water partition coefficient (Wildman–Crippen LogP) is 4.13. The molecule has 0 aliphatic heterocycles. The van der Waals surface area contributed by atoms with E-state index in [9.17, 15) is 0 Å². The van der Waals surface area contributed by atoms with Crippen LogP contribution in [0, 0.1) is 23.7 Å².